The first-order chi connectivity index (χ1) is 14.6. The van der Waals surface area contributed by atoms with Gasteiger partial charge in [-0.25, -0.2) is 4.98 Å². The van der Waals surface area contributed by atoms with Crippen molar-refractivity contribution in [3.63, 3.8) is 0 Å². The SMILES string of the molecule is CNC1CCCCN(c2nc3c(C(F)(F)F)c(C(C)(C)O)cc(-c4nccs4)c3o2)C1. The highest BCUT2D eigenvalue weighted by molar-refractivity contribution is 7.13. The Labute approximate surface area is 182 Å². The third-order valence-corrected chi connectivity index (χ3v) is 6.42. The summed E-state index contributed by atoms with van der Waals surface area (Å²) in [6.45, 7) is 3.91. The first-order valence-corrected chi connectivity index (χ1v) is 11.1. The molecule has 10 heteroatoms. The summed E-state index contributed by atoms with van der Waals surface area (Å²) in [5, 5.41) is 16.1. The maximum Gasteiger partial charge on any atom is 0.419 e. The molecule has 4 rings (SSSR count). The second kappa shape index (κ2) is 8.07. The number of anilines is 1. The number of fused-ring (bicyclic) bond motifs is 1. The molecule has 6 nitrogen and oxygen atoms in total. The van der Waals surface area contributed by atoms with Crippen LogP contribution in [0.25, 0.3) is 21.7 Å². The predicted molar refractivity (Wildman–Crippen MR) is 114 cm³/mol. The molecule has 0 radical (unpaired) electrons. The number of likely N-dealkylation sites (N-methyl/N-ethyl adjacent to an activating group) is 1. The van der Waals surface area contributed by atoms with Crippen LogP contribution in [0, 0.1) is 0 Å². The zero-order valence-electron chi connectivity index (χ0n) is 17.6. The maximum absolute atomic E-state index is 14.2. The highest BCUT2D eigenvalue weighted by atomic mass is 32.1. The Balaban J connectivity index is 1.98. The number of oxazole rings is 1. The Morgan fingerprint density at radius 1 is 1.29 bits per heavy atom. The van der Waals surface area contributed by atoms with Crippen LogP contribution in [0.3, 0.4) is 0 Å². The number of thiazole rings is 1. The molecule has 1 aliphatic rings. The Morgan fingerprint density at radius 3 is 2.68 bits per heavy atom. The van der Waals surface area contributed by atoms with Crippen LogP contribution in [-0.4, -0.2) is 41.3 Å². The predicted octanol–water partition coefficient (Wildman–Crippen LogP) is 4.78. The van der Waals surface area contributed by atoms with Crippen LogP contribution in [0.5, 0.6) is 0 Å². The van der Waals surface area contributed by atoms with Gasteiger partial charge in [0.1, 0.15) is 10.5 Å². The van der Waals surface area contributed by atoms with Crippen molar-refractivity contribution in [2.75, 3.05) is 25.0 Å². The normalized spacial score (nSPS) is 18.5. The standard InChI is InChI=1S/C21H25F3N4O2S/c1-20(2,29)14-10-13(18-26-7-9-31-18)17-16(15(14)21(22,23)24)27-19(30-17)28-8-5-4-6-12(11-28)25-3/h7,9-10,12,25,29H,4-6,8,11H2,1-3H3. The van der Waals surface area contributed by atoms with E-state index in [0.29, 0.717) is 23.7 Å². The number of nitrogens with one attached hydrogen (secondary N) is 1. The molecule has 3 heterocycles. The van der Waals surface area contributed by atoms with Gasteiger partial charge in [-0.05, 0) is 45.4 Å². The van der Waals surface area contributed by atoms with Crippen molar-refractivity contribution >= 4 is 28.5 Å². The van der Waals surface area contributed by atoms with E-state index in [9.17, 15) is 18.3 Å². The van der Waals surface area contributed by atoms with Gasteiger partial charge in [-0.15, -0.1) is 11.3 Å². The largest absolute Gasteiger partial charge is 0.423 e. The topological polar surface area (TPSA) is 74.4 Å². The maximum atomic E-state index is 14.2. The van der Waals surface area contributed by atoms with E-state index in [4.69, 9.17) is 4.42 Å². The van der Waals surface area contributed by atoms with Gasteiger partial charge in [0.15, 0.2) is 5.58 Å². The molecule has 168 valence electrons. The lowest BCUT2D eigenvalue weighted by atomic mass is 9.90. The summed E-state index contributed by atoms with van der Waals surface area (Å²) in [7, 11) is 1.87. The fraction of sp³-hybridized carbons (Fsp3) is 0.524. The molecule has 0 spiro atoms. The molecule has 0 aliphatic carbocycles. The number of nitrogens with zero attached hydrogens (tertiary/aromatic N) is 3. The fourth-order valence-corrected chi connectivity index (χ4v) is 4.69. The quantitative estimate of drug-likeness (QED) is 0.591. The van der Waals surface area contributed by atoms with Crippen molar-refractivity contribution < 1.29 is 22.7 Å². The molecule has 31 heavy (non-hydrogen) atoms. The van der Waals surface area contributed by atoms with Gasteiger partial charge in [-0.1, -0.05) is 6.42 Å². The molecule has 0 bridgehead atoms. The van der Waals surface area contributed by atoms with Gasteiger partial charge in [-0.2, -0.15) is 18.2 Å². The summed E-state index contributed by atoms with van der Waals surface area (Å²) in [6, 6.07) is 1.69. The van der Waals surface area contributed by atoms with Crippen LogP contribution in [0.2, 0.25) is 0 Å². The Morgan fingerprint density at radius 2 is 2.06 bits per heavy atom. The van der Waals surface area contributed by atoms with Crippen molar-refractivity contribution in [2.24, 2.45) is 0 Å². The minimum absolute atomic E-state index is 0.0375. The number of hydrogen-bond acceptors (Lipinski definition) is 7. The van der Waals surface area contributed by atoms with Gasteiger partial charge in [0.05, 0.1) is 16.7 Å². The van der Waals surface area contributed by atoms with Crippen LogP contribution < -0.4 is 10.2 Å². The van der Waals surface area contributed by atoms with E-state index in [1.54, 1.807) is 11.6 Å². The number of hydrogen-bond donors (Lipinski definition) is 2. The summed E-state index contributed by atoms with van der Waals surface area (Å²) >= 11 is 1.29. The molecular formula is C21H25F3N4O2S. The summed E-state index contributed by atoms with van der Waals surface area (Å²) in [5.74, 6) is 0. The average molecular weight is 455 g/mol. The minimum Gasteiger partial charge on any atom is -0.423 e. The van der Waals surface area contributed by atoms with Crippen molar-refractivity contribution in [1.82, 2.24) is 15.3 Å². The van der Waals surface area contributed by atoms with E-state index in [0.717, 1.165) is 19.3 Å². The lowest BCUT2D eigenvalue weighted by Crippen LogP contribution is -2.38. The first-order valence-electron chi connectivity index (χ1n) is 10.2. The highest BCUT2D eigenvalue weighted by Crippen LogP contribution is 2.46. The summed E-state index contributed by atoms with van der Waals surface area (Å²) in [4.78, 5) is 10.5. The summed E-state index contributed by atoms with van der Waals surface area (Å²) in [6.07, 6.45) is -0.235. The summed E-state index contributed by atoms with van der Waals surface area (Å²) < 4.78 is 48.5. The molecule has 1 aromatic carbocycles. The number of rotatable bonds is 4. The Kier molecular flexibility index (Phi) is 5.74. The molecule has 1 atom stereocenters. The highest BCUT2D eigenvalue weighted by Gasteiger charge is 2.42. The van der Waals surface area contributed by atoms with Crippen LogP contribution in [0.15, 0.2) is 22.1 Å². The Hall–Kier alpha value is -2.17. The van der Waals surface area contributed by atoms with E-state index in [1.807, 2.05) is 11.9 Å². The monoisotopic (exact) mass is 454 g/mol. The van der Waals surface area contributed by atoms with Crippen molar-refractivity contribution in [3.8, 4) is 10.6 Å². The van der Waals surface area contributed by atoms with Crippen LogP contribution >= 0.6 is 11.3 Å². The van der Waals surface area contributed by atoms with E-state index < -0.39 is 17.3 Å². The van der Waals surface area contributed by atoms with Gasteiger partial charge in [0, 0.05) is 30.7 Å². The average Bonchev–Trinajstić information content (AvgIpc) is 3.30. The Bertz CT molecular complexity index is 1060. The second-order valence-electron chi connectivity index (χ2n) is 8.34. The number of halogens is 3. The van der Waals surface area contributed by atoms with E-state index >= 15 is 0 Å². The van der Waals surface area contributed by atoms with Crippen molar-refractivity contribution in [3.05, 3.63) is 28.8 Å². The molecule has 1 saturated heterocycles. The lowest BCUT2D eigenvalue weighted by Gasteiger charge is -2.23. The fourth-order valence-electron chi connectivity index (χ4n) is 4.04. The zero-order chi connectivity index (χ0) is 22.4. The van der Waals surface area contributed by atoms with Crippen LogP contribution in [0.1, 0.15) is 44.2 Å². The van der Waals surface area contributed by atoms with Crippen molar-refractivity contribution in [2.45, 2.75) is 50.9 Å². The van der Waals surface area contributed by atoms with Crippen LogP contribution in [0.4, 0.5) is 19.2 Å². The van der Waals surface area contributed by atoms with Gasteiger partial charge in [-0.3, -0.25) is 0 Å². The summed E-state index contributed by atoms with van der Waals surface area (Å²) in [5.41, 5.74) is -2.81. The van der Waals surface area contributed by atoms with Gasteiger partial charge >= 0.3 is 6.18 Å². The molecule has 1 fully saturated rings. The third kappa shape index (κ3) is 4.28. The molecular weight excluding hydrogens is 429 g/mol. The van der Waals surface area contributed by atoms with Gasteiger partial charge < -0.3 is 19.7 Å². The molecule has 1 aliphatic heterocycles. The van der Waals surface area contributed by atoms with E-state index in [-0.39, 0.29) is 28.7 Å². The minimum atomic E-state index is -4.71. The second-order valence-corrected chi connectivity index (χ2v) is 9.24. The molecule has 0 amide bonds. The molecule has 2 aromatic heterocycles. The molecule has 0 saturated carbocycles. The van der Waals surface area contributed by atoms with Gasteiger partial charge in [0.25, 0.3) is 6.01 Å². The van der Waals surface area contributed by atoms with E-state index in [2.05, 4.69) is 15.3 Å². The number of aliphatic hydroxyl groups is 1. The molecule has 1 unspecified atom stereocenters. The number of benzene rings is 1. The van der Waals surface area contributed by atoms with Crippen LogP contribution in [-0.2, 0) is 11.8 Å². The number of alkyl halides is 3. The van der Waals surface area contributed by atoms with Gasteiger partial charge in [0.2, 0.25) is 0 Å². The number of aromatic nitrogens is 2. The first kappa shape index (κ1) is 22.0. The smallest absolute Gasteiger partial charge is 0.419 e. The van der Waals surface area contributed by atoms with E-state index in [1.165, 1.54) is 31.3 Å². The molecule has 2 N–H and O–H groups in total. The third-order valence-electron chi connectivity index (χ3n) is 5.61. The zero-order valence-corrected chi connectivity index (χ0v) is 18.4. The lowest BCUT2D eigenvalue weighted by molar-refractivity contribution is -0.139. The van der Waals surface area contributed by atoms with Crippen molar-refractivity contribution in [1.29, 1.82) is 0 Å². The molecule has 3 aromatic rings.